The number of aliphatic carboxylic acids is 1. The first-order chi connectivity index (χ1) is 24.0. The second-order valence-electron chi connectivity index (χ2n) is 15.6. The van der Waals surface area contributed by atoms with Gasteiger partial charge in [-0.3, -0.25) is 14.4 Å². The van der Waals surface area contributed by atoms with Gasteiger partial charge in [0.05, 0.1) is 35.2 Å². The van der Waals surface area contributed by atoms with E-state index in [4.69, 9.17) is 9.97 Å². The molecule has 2 saturated heterocycles. The number of likely N-dealkylation sites (tertiary alicyclic amines) is 1. The number of rotatable bonds is 11. The molecule has 0 bridgehead atoms. The predicted molar refractivity (Wildman–Crippen MR) is 196 cm³/mol. The molecule has 1 aromatic carbocycles. The molecule has 10 nitrogen and oxygen atoms in total. The fraction of sp³-hybridized carbons (Fsp3) is 0.590. The Morgan fingerprint density at radius 1 is 0.920 bits per heavy atom. The first kappa shape index (κ1) is 35.9. The summed E-state index contributed by atoms with van der Waals surface area (Å²) in [5.74, 6) is 1.19. The van der Waals surface area contributed by atoms with Crippen LogP contribution in [0.2, 0.25) is 0 Å². The van der Waals surface area contributed by atoms with Crippen LogP contribution >= 0.6 is 11.3 Å². The number of hydrogen-bond acceptors (Lipinski definition) is 8. The monoisotopic (exact) mass is 700 g/mol. The Bertz CT molecular complexity index is 1610. The molecule has 0 spiro atoms. The van der Waals surface area contributed by atoms with Gasteiger partial charge in [0, 0.05) is 43.6 Å². The van der Waals surface area contributed by atoms with E-state index >= 15 is 0 Å². The van der Waals surface area contributed by atoms with Crippen LogP contribution in [0.5, 0.6) is 0 Å². The summed E-state index contributed by atoms with van der Waals surface area (Å²) in [6, 6.07) is 6.90. The number of carbonyl (C=O) groups excluding carboxylic acids is 2. The van der Waals surface area contributed by atoms with Gasteiger partial charge in [0.2, 0.25) is 5.91 Å². The van der Waals surface area contributed by atoms with Crippen LogP contribution in [-0.2, 0) is 21.4 Å². The zero-order valence-electron chi connectivity index (χ0n) is 29.9. The third kappa shape index (κ3) is 8.53. The molecule has 1 aliphatic carbocycles. The summed E-state index contributed by atoms with van der Waals surface area (Å²) in [5.41, 5.74) is 2.60. The number of carboxylic acid groups (broad SMARTS) is 1. The molecule has 2 N–H and O–H groups in total. The van der Waals surface area contributed by atoms with E-state index in [1.54, 1.807) is 6.20 Å². The molecule has 3 aliphatic rings. The van der Waals surface area contributed by atoms with Crippen molar-refractivity contribution in [2.75, 3.05) is 31.1 Å². The zero-order valence-corrected chi connectivity index (χ0v) is 30.8. The summed E-state index contributed by atoms with van der Waals surface area (Å²) in [6.07, 6.45) is 16.5. The van der Waals surface area contributed by atoms with Gasteiger partial charge in [-0.15, -0.1) is 11.3 Å². The van der Waals surface area contributed by atoms with E-state index in [9.17, 15) is 19.5 Å². The minimum atomic E-state index is -0.917. The SMILES string of the molecule is CCC[C@H]1CC[C@H](C2CCN(c3cnc(-c4ccc(C[C@H](NC(=O)c5cnc(C(C)(C)C)s5)C(=O)N5CC(C(=O)O)C5)cc4)nc3)CC2)CC1. The summed E-state index contributed by atoms with van der Waals surface area (Å²) in [6.45, 7) is 10.8. The van der Waals surface area contributed by atoms with Crippen molar-refractivity contribution in [2.24, 2.45) is 23.7 Å². The lowest BCUT2D eigenvalue weighted by molar-refractivity contribution is -0.153. The minimum Gasteiger partial charge on any atom is -0.481 e. The number of nitrogens with one attached hydrogen (secondary N) is 1. The average Bonchev–Trinajstić information content (AvgIpc) is 3.60. The maximum absolute atomic E-state index is 13.5. The highest BCUT2D eigenvalue weighted by Gasteiger charge is 2.39. The molecule has 2 aliphatic heterocycles. The number of nitrogens with zero attached hydrogens (tertiary/aromatic N) is 5. The van der Waals surface area contributed by atoms with Crippen molar-refractivity contribution in [3.05, 3.63) is 58.3 Å². The van der Waals surface area contributed by atoms with Crippen LogP contribution in [0, 0.1) is 23.7 Å². The lowest BCUT2D eigenvalue weighted by Gasteiger charge is -2.39. The van der Waals surface area contributed by atoms with Crippen molar-refractivity contribution in [1.29, 1.82) is 0 Å². The molecule has 4 heterocycles. The van der Waals surface area contributed by atoms with E-state index in [0.29, 0.717) is 10.7 Å². The lowest BCUT2D eigenvalue weighted by Crippen LogP contribution is -2.59. The number of benzene rings is 1. The molecule has 2 amide bonds. The van der Waals surface area contributed by atoms with E-state index in [2.05, 4.69) is 22.1 Å². The highest BCUT2D eigenvalue weighted by atomic mass is 32.1. The smallest absolute Gasteiger partial charge is 0.310 e. The molecule has 1 atom stereocenters. The zero-order chi connectivity index (χ0) is 35.4. The maximum atomic E-state index is 13.5. The van der Waals surface area contributed by atoms with Crippen LogP contribution in [-0.4, -0.2) is 75.0 Å². The summed E-state index contributed by atoms with van der Waals surface area (Å²) >= 11 is 1.31. The van der Waals surface area contributed by atoms with Crippen molar-refractivity contribution >= 4 is 34.8 Å². The van der Waals surface area contributed by atoms with Crippen LogP contribution in [0.15, 0.2) is 42.9 Å². The number of anilines is 1. The quantitative estimate of drug-likeness (QED) is 0.229. The van der Waals surface area contributed by atoms with Gasteiger partial charge in [-0.2, -0.15) is 0 Å². The van der Waals surface area contributed by atoms with Gasteiger partial charge in [0.15, 0.2) is 5.82 Å². The van der Waals surface area contributed by atoms with E-state index < -0.39 is 17.9 Å². The number of hydrogen-bond donors (Lipinski definition) is 2. The number of carboxylic acids is 1. The molecular weight excluding hydrogens is 649 g/mol. The predicted octanol–water partition coefficient (Wildman–Crippen LogP) is 6.60. The highest BCUT2D eigenvalue weighted by Crippen LogP contribution is 2.39. The largest absolute Gasteiger partial charge is 0.481 e. The van der Waals surface area contributed by atoms with Gasteiger partial charge < -0.3 is 20.2 Å². The normalized spacial score (nSPS) is 21.0. The number of aromatic nitrogens is 3. The molecule has 0 radical (unpaired) electrons. The number of piperidine rings is 1. The van der Waals surface area contributed by atoms with Crippen LogP contribution in [0.25, 0.3) is 11.4 Å². The average molecular weight is 701 g/mol. The topological polar surface area (TPSA) is 129 Å². The van der Waals surface area contributed by atoms with Crippen molar-refractivity contribution < 1.29 is 19.5 Å². The summed E-state index contributed by atoms with van der Waals surface area (Å²) < 4.78 is 0. The van der Waals surface area contributed by atoms with Gasteiger partial charge >= 0.3 is 5.97 Å². The standard InChI is InChI=1S/C39H52N6O4S/c1-5-6-25-7-11-27(12-8-25)28-15-17-44(18-16-28)31-20-40-34(41-21-31)29-13-9-26(10-14-29)19-32(36(47)45-23-30(24-45)37(48)49)43-35(46)33-22-42-38(50-33)39(2,3)4/h9-10,13-14,20-22,25,27-28,30,32H,5-8,11-12,15-19,23-24H2,1-4H3,(H,43,46)(H,48,49)/t25-,27-,32-/m0/s1. The van der Waals surface area contributed by atoms with Gasteiger partial charge in [-0.1, -0.05) is 77.6 Å². The molecule has 6 rings (SSSR count). The van der Waals surface area contributed by atoms with Gasteiger partial charge in [-0.05, 0) is 49.0 Å². The molecule has 1 saturated carbocycles. The first-order valence-corrected chi connectivity index (χ1v) is 19.2. The van der Waals surface area contributed by atoms with E-state index in [1.165, 1.54) is 67.6 Å². The van der Waals surface area contributed by atoms with Gasteiger partial charge in [0.25, 0.3) is 5.91 Å². The summed E-state index contributed by atoms with van der Waals surface area (Å²) in [7, 11) is 0. The molecule has 2 aromatic heterocycles. The Kier molecular flexibility index (Phi) is 11.2. The third-order valence-corrected chi connectivity index (χ3v) is 12.4. The molecule has 11 heteroatoms. The minimum absolute atomic E-state index is 0.138. The van der Waals surface area contributed by atoms with Crippen molar-refractivity contribution in [1.82, 2.24) is 25.2 Å². The van der Waals surface area contributed by atoms with Crippen LogP contribution in [0.4, 0.5) is 5.69 Å². The highest BCUT2D eigenvalue weighted by molar-refractivity contribution is 7.13. The Hall–Kier alpha value is -3.86. The van der Waals surface area contributed by atoms with Crippen LogP contribution < -0.4 is 10.2 Å². The molecule has 0 unspecified atom stereocenters. The number of carbonyl (C=O) groups is 3. The van der Waals surface area contributed by atoms with E-state index in [1.807, 2.05) is 57.4 Å². The molecule has 3 aromatic rings. The maximum Gasteiger partial charge on any atom is 0.310 e. The Labute approximate surface area is 300 Å². The second kappa shape index (κ2) is 15.6. The van der Waals surface area contributed by atoms with Gasteiger partial charge in [-0.25, -0.2) is 15.0 Å². The second-order valence-corrected chi connectivity index (χ2v) is 16.7. The van der Waals surface area contributed by atoms with Crippen molar-refractivity contribution in [3.63, 3.8) is 0 Å². The first-order valence-electron chi connectivity index (χ1n) is 18.4. The van der Waals surface area contributed by atoms with E-state index in [0.717, 1.165) is 52.7 Å². The van der Waals surface area contributed by atoms with Crippen LogP contribution in [0.3, 0.4) is 0 Å². The van der Waals surface area contributed by atoms with Crippen LogP contribution in [0.1, 0.15) is 99.3 Å². The molecule has 268 valence electrons. The number of thiazole rings is 1. The lowest BCUT2D eigenvalue weighted by atomic mass is 9.72. The molecule has 50 heavy (non-hydrogen) atoms. The summed E-state index contributed by atoms with van der Waals surface area (Å²) in [5, 5.41) is 13.1. The Morgan fingerprint density at radius 2 is 1.56 bits per heavy atom. The third-order valence-electron chi connectivity index (χ3n) is 11.0. The molecular formula is C39H52N6O4S. The fourth-order valence-corrected chi connectivity index (χ4v) is 8.71. The fourth-order valence-electron chi connectivity index (χ4n) is 7.84. The Morgan fingerprint density at radius 3 is 2.14 bits per heavy atom. The van der Waals surface area contributed by atoms with Gasteiger partial charge in [0.1, 0.15) is 10.9 Å². The van der Waals surface area contributed by atoms with Crippen molar-refractivity contribution in [3.8, 4) is 11.4 Å². The van der Waals surface area contributed by atoms with E-state index in [-0.39, 0.29) is 36.7 Å². The van der Waals surface area contributed by atoms with Crippen molar-refractivity contribution in [2.45, 2.75) is 96.9 Å². The molecule has 3 fully saturated rings. The number of amides is 2. The Balaban J connectivity index is 1.06. The summed E-state index contributed by atoms with van der Waals surface area (Å²) in [4.78, 5) is 56.3.